The lowest BCUT2D eigenvalue weighted by atomic mass is 9.89. The summed E-state index contributed by atoms with van der Waals surface area (Å²) in [6.45, 7) is 4.33. The molecule has 0 aromatic heterocycles. The van der Waals surface area contributed by atoms with Gasteiger partial charge in [0.25, 0.3) is 0 Å². The summed E-state index contributed by atoms with van der Waals surface area (Å²) in [5.41, 5.74) is -2.67. The largest absolute Gasteiger partial charge is 0.386 e. The van der Waals surface area contributed by atoms with Crippen LogP contribution in [0.15, 0.2) is 0 Å². The summed E-state index contributed by atoms with van der Waals surface area (Å²) in [5, 5.41) is 18.3. The van der Waals surface area contributed by atoms with Crippen molar-refractivity contribution in [3.63, 3.8) is 0 Å². The van der Waals surface area contributed by atoms with Crippen LogP contribution in [0.3, 0.4) is 0 Å². The quantitative estimate of drug-likeness (QED) is 0.493. The first-order valence-electron chi connectivity index (χ1n) is 2.74. The van der Waals surface area contributed by atoms with Gasteiger partial charge in [0.1, 0.15) is 5.60 Å². The second kappa shape index (κ2) is 2.02. The van der Waals surface area contributed by atoms with Gasteiger partial charge in [-0.25, -0.2) is 0 Å². The molecule has 0 fully saturated rings. The zero-order valence-electron chi connectivity index (χ0n) is 5.97. The van der Waals surface area contributed by atoms with Gasteiger partial charge in [0, 0.05) is 0 Å². The molecule has 0 aromatic carbocycles. The molecule has 0 aromatic rings. The highest BCUT2D eigenvalue weighted by atomic mass is 16.3. The van der Waals surface area contributed by atoms with E-state index in [0.717, 1.165) is 0 Å². The average Bonchev–Trinajstić information content (AvgIpc) is 1.64. The number of aliphatic hydroxyl groups is 2. The van der Waals surface area contributed by atoms with Gasteiger partial charge in [-0.2, -0.15) is 0 Å². The lowest BCUT2D eigenvalue weighted by molar-refractivity contribution is -0.0819. The number of rotatable bonds is 1. The molecular weight excluding hydrogens is 116 g/mol. The summed E-state index contributed by atoms with van der Waals surface area (Å²) in [5.74, 6) is 2.09. The number of terminal acetylenes is 1. The van der Waals surface area contributed by atoms with Crippen molar-refractivity contribution >= 4 is 0 Å². The molecule has 2 nitrogen and oxygen atoms in total. The molecule has 0 aliphatic rings. The third-order valence-electron chi connectivity index (χ3n) is 1.47. The Bertz CT molecular complexity index is 134. The van der Waals surface area contributed by atoms with Crippen molar-refractivity contribution in [1.82, 2.24) is 0 Å². The van der Waals surface area contributed by atoms with Crippen LogP contribution in [0, 0.1) is 12.3 Å². The predicted octanol–water partition coefficient (Wildman–Crippen LogP) is 0.141. The summed E-state index contributed by atoms with van der Waals surface area (Å²) >= 11 is 0. The molecule has 0 heterocycles. The number of hydrogen-bond donors (Lipinski definition) is 2. The van der Waals surface area contributed by atoms with E-state index in [1.807, 2.05) is 0 Å². The van der Waals surface area contributed by atoms with Crippen molar-refractivity contribution in [2.45, 2.75) is 32.0 Å². The Morgan fingerprint density at radius 1 is 1.22 bits per heavy atom. The molecule has 0 radical (unpaired) electrons. The van der Waals surface area contributed by atoms with E-state index in [1.54, 1.807) is 0 Å². The first-order valence-corrected chi connectivity index (χ1v) is 2.74. The zero-order valence-corrected chi connectivity index (χ0v) is 5.97. The summed E-state index contributed by atoms with van der Waals surface area (Å²) in [4.78, 5) is 0. The minimum Gasteiger partial charge on any atom is -0.386 e. The van der Waals surface area contributed by atoms with Crippen LogP contribution in [-0.2, 0) is 0 Å². The van der Waals surface area contributed by atoms with E-state index in [9.17, 15) is 5.11 Å². The molecule has 0 spiro atoms. The number of hydrogen-bond acceptors (Lipinski definition) is 2. The highest BCUT2D eigenvalue weighted by molar-refractivity contribution is 5.12. The fourth-order valence-corrected chi connectivity index (χ4v) is 0.177. The molecule has 0 aliphatic carbocycles. The summed E-state index contributed by atoms with van der Waals surface area (Å²) in [6.07, 6.45) is 4.93. The molecule has 1 unspecified atom stereocenters. The van der Waals surface area contributed by atoms with Crippen LogP contribution >= 0.6 is 0 Å². The van der Waals surface area contributed by atoms with E-state index >= 15 is 0 Å². The van der Waals surface area contributed by atoms with Gasteiger partial charge >= 0.3 is 0 Å². The fraction of sp³-hybridized carbons (Fsp3) is 0.714. The van der Waals surface area contributed by atoms with Crippen LogP contribution in [0.1, 0.15) is 20.8 Å². The van der Waals surface area contributed by atoms with Crippen LogP contribution in [0.4, 0.5) is 0 Å². The Morgan fingerprint density at radius 3 is 1.56 bits per heavy atom. The Balaban J connectivity index is 4.39. The van der Waals surface area contributed by atoms with Gasteiger partial charge < -0.3 is 10.2 Å². The van der Waals surface area contributed by atoms with Crippen molar-refractivity contribution in [1.29, 1.82) is 0 Å². The molecule has 0 rings (SSSR count). The molecule has 0 aliphatic heterocycles. The summed E-state index contributed by atoms with van der Waals surface area (Å²) in [6, 6.07) is 0. The fourth-order valence-electron chi connectivity index (χ4n) is 0.177. The van der Waals surface area contributed by atoms with Crippen molar-refractivity contribution in [3.05, 3.63) is 0 Å². The second-order valence-corrected chi connectivity index (χ2v) is 2.78. The van der Waals surface area contributed by atoms with Crippen LogP contribution in [0.2, 0.25) is 0 Å². The third kappa shape index (κ3) is 1.70. The Morgan fingerprint density at radius 2 is 1.56 bits per heavy atom. The molecule has 0 amide bonds. The van der Waals surface area contributed by atoms with Gasteiger partial charge in [-0.05, 0) is 20.8 Å². The van der Waals surface area contributed by atoms with E-state index in [2.05, 4.69) is 5.92 Å². The first kappa shape index (κ1) is 8.48. The van der Waals surface area contributed by atoms with Gasteiger partial charge in [0.05, 0.1) is 5.60 Å². The predicted molar refractivity (Wildman–Crippen MR) is 35.8 cm³/mol. The van der Waals surface area contributed by atoms with E-state index in [0.29, 0.717) is 0 Å². The van der Waals surface area contributed by atoms with Crippen LogP contribution in [-0.4, -0.2) is 21.4 Å². The van der Waals surface area contributed by atoms with Crippen molar-refractivity contribution in [2.24, 2.45) is 0 Å². The maximum atomic E-state index is 9.17. The smallest absolute Gasteiger partial charge is 0.150 e. The van der Waals surface area contributed by atoms with Crippen LogP contribution < -0.4 is 0 Å². The monoisotopic (exact) mass is 128 g/mol. The summed E-state index contributed by atoms with van der Waals surface area (Å²) in [7, 11) is 0. The molecule has 9 heavy (non-hydrogen) atoms. The van der Waals surface area contributed by atoms with Crippen molar-refractivity contribution in [3.8, 4) is 12.3 Å². The molecule has 2 heteroatoms. The molecule has 0 saturated carbocycles. The SMILES string of the molecule is C#CC(C)(O)C(C)(C)O. The normalized spacial score (nSPS) is 18.2. The third-order valence-corrected chi connectivity index (χ3v) is 1.47. The van der Waals surface area contributed by atoms with Gasteiger partial charge in [0.15, 0.2) is 0 Å². The maximum Gasteiger partial charge on any atom is 0.150 e. The maximum absolute atomic E-state index is 9.17. The Hall–Kier alpha value is -0.520. The van der Waals surface area contributed by atoms with Gasteiger partial charge in [-0.15, -0.1) is 6.42 Å². The molecule has 52 valence electrons. The second-order valence-electron chi connectivity index (χ2n) is 2.78. The van der Waals surface area contributed by atoms with Crippen molar-refractivity contribution < 1.29 is 10.2 Å². The minimum atomic E-state index is -1.44. The van der Waals surface area contributed by atoms with Crippen molar-refractivity contribution in [2.75, 3.05) is 0 Å². The Labute approximate surface area is 55.5 Å². The first-order chi connectivity index (χ1) is 3.81. The lowest BCUT2D eigenvalue weighted by Crippen LogP contribution is -2.46. The highest BCUT2D eigenvalue weighted by Gasteiger charge is 2.35. The summed E-state index contributed by atoms with van der Waals surface area (Å²) < 4.78 is 0. The molecule has 2 N–H and O–H groups in total. The van der Waals surface area contributed by atoms with E-state index in [1.165, 1.54) is 20.8 Å². The van der Waals surface area contributed by atoms with E-state index < -0.39 is 11.2 Å². The zero-order chi connectivity index (χ0) is 7.71. The molecule has 1 atom stereocenters. The van der Waals surface area contributed by atoms with Gasteiger partial charge in [-0.1, -0.05) is 5.92 Å². The molecule has 0 saturated heterocycles. The highest BCUT2D eigenvalue weighted by Crippen LogP contribution is 2.19. The Kier molecular flexibility index (Phi) is 1.90. The van der Waals surface area contributed by atoms with Crippen LogP contribution in [0.25, 0.3) is 0 Å². The van der Waals surface area contributed by atoms with Crippen LogP contribution in [0.5, 0.6) is 0 Å². The van der Waals surface area contributed by atoms with E-state index in [-0.39, 0.29) is 0 Å². The topological polar surface area (TPSA) is 40.5 Å². The lowest BCUT2D eigenvalue weighted by Gasteiger charge is -2.30. The van der Waals surface area contributed by atoms with Gasteiger partial charge in [0.2, 0.25) is 0 Å². The average molecular weight is 128 g/mol. The minimum absolute atomic E-state index is 1.23. The van der Waals surface area contributed by atoms with Gasteiger partial charge in [-0.3, -0.25) is 0 Å². The van der Waals surface area contributed by atoms with E-state index in [4.69, 9.17) is 11.5 Å². The molecule has 0 bridgehead atoms. The standard InChI is InChI=1S/C7H12O2/c1-5-7(4,9)6(2,3)8/h1,8-9H,2-4H3. The molecular formula is C7H12O2.